The summed E-state index contributed by atoms with van der Waals surface area (Å²) >= 11 is 0. The predicted molar refractivity (Wildman–Crippen MR) is 105 cm³/mol. The highest BCUT2D eigenvalue weighted by molar-refractivity contribution is 6.02. The maximum Gasteiger partial charge on any atom is 0.255 e. The highest BCUT2D eigenvalue weighted by Gasteiger charge is 2.34. The third kappa shape index (κ3) is 3.61. The molecule has 1 aliphatic heterocycles. The second kappa shape index (κ2) is 7.47. The summed E-state index contributed by atoms with van der Waals surface area (Å²) in [5, 5.41) is 2.74. The molecule has 2 amide bonds. The van der Waals surface area contributed by atoms with Gasteiger partial charge >= 0.3 is 0 Å². The molecule has 3 aromatic carbocycles. The second-order valence-corrected chi connectivity index (χ2v) is 6.98. The SMILES string of the molecule is Cc1ccccc1C(=O)N1CC(=O)Nc2ccc(F)cc2[C@H]1c1ccc(F)cc1. The van der Waals surface area contributed by atoms with Crippen molar-refractivity contribution in [3.8, 4) is 0 Å². The van der Waals surface area contributed by atoms with E-state index in [9.17, 15) is 18.4 Å². The minimum absolute atomic E-state index is 0.217. The molecular formula is C23H18F2N2O2. The molecule has 0 fully saturated rings. The van der Waals surface area contributed by atoms with E-state index < -0.39 is 17.7 Å². The van der Waals surface area contributed by atoms with Crippen molar-refractivity contribution in [1.29, 1.82) is 0 Å². The van der Waals surface area contributed by atoms with Crippen LogP contribution in [0.4, 0.5) is 14.5 Å². The number of fused-ring (bicyclic) bond motifs is 1. The lowest BCUT2D eigenvalue weighted by atomic mass is 9.94. The van der Waals surface area contributed by atoms with Gasteiger partial charge in [-0.3, -0.25) is 9.59 Å². The van der Waals surface area contributed by atoms with Crippen molar-refractivity contribution in [2.75, 3.05) is 11.9 Å². The molecule has 1 N–H and O–H groups in total. The average molecular weight is 392 g/mol. The summed E-state index contributed by atoms with van der Waals surface area (Å²) in [6.45, 7) is 1.59. The fourth-order valence-electron chi connectivity index (χ4n) is 3.64. The number of rotatable bonds is 2. The number of anilines is 1. The van der Waals surface area contributed by atoms with Crippen LogP contribution in [-0.4, -0.2) is 23.3 Å². The van der Waals surface area contributed by atoms with E-state index in [2.05, 4.69) is 5.32 Å². The van der Waals surface area contributed by atoms with Crippen LogP contribution in [0.3, 0.4) is 0 Å². The smallest absolute Gasteiger partial charge is 0.255 e. The fourth-order valence-corrected chi connectivity index (χ4v) is 3.64. The highest BCUT2D eigenvalue weighted by atomic mass is 19.1. The minimum atomic E-state index is -0.757. The van der Waals surface area contributed by atoms with E-state index in [0.29, 0.717) is 22.4 Å². The van der Waals surface area contributed by atoms with Gasteiger partial charge < -0.3 is 10.2 Å². The lowest BCUT2D eigenvalue weighted by Crippen LogP contribution is -2.39. The number of carbonyl (C=O) groups excluding carboxylic acids is 2. The lowest BCUT2D eigenvalue weighted by Gasteiger charge is -2.31. The van der Waals surface area contributed by atoms with Crippen molar-refractivity contribution in [2.45, 2.75) is 13.0 Å². The van der Waals surface area contributed by atoms with Crippen LogP contribution in [0.15, 0.2) is 66.7 Å². The van der Waals surface area contributed by atoms with Crippen LogP contribution in [0.25, 0.3) is 0 Å². The van der Waals surface area contributed by atoms with Crippen molar-refractivity contribution in [3.05, 3.63) is 101 Å². The normalized spacial score (nSPS) is 16.0. The topological polar surface area (TPSA) is 49.4 Å². The van der Waals surface area contributed by atoms with E-state index in [1.54, 1.807) is 24.3 Å². The predicted octanol–water partition coefficient (Wildman–Crippen LogP) is 4.46. The summed E-state index contributed by atoms with van der Waals surface area (Å²) in [5.41, 5.74) is 2.65. The molecule has 1 atom stereocenters. The van der Waals surface area contributed by atoms with Crippen molar-refractivity contribution < 1.29 is 18.4 Å². The van der Waals surface area contributed by atoms with Gasteiger partial charge in [-0.05, 0) is 54.4 Å². The molecule has 146 valence electrons. The molecular weight excluding hydrogens is 374 g/mol. The lowest BCUT2D eigenvalue weighted by molar-refractivity contribution is -0.117. The Morgan fingerprint density at radius 3 is 2.41 bits per heavy atom. The summed E-state index contributed by atoms with van der Waals surface area (Å²) < 4.78 is 27.6. The van der Waals surface area contributed by atoms with Crippen LogP contribution >= 0.6 is 0 Å². The first-order valence-corrected chi connectivity index (χ1v) is 9.15. The summed E-state index contributed by atoms with van der Waals surface area (Å²) in [6, 6.07) is 16.0. The summed E-state index contributed by atoms with van der Waals surface area (Å²) in [5.74, 6) is -1.66. The number of carbonyl (C=O) groups is 2. The molecule has 1 aliphatic rings. The fraction of sp³-hybridized carbons (Fsp3) is 0.130. The van der Waals surface area contributed by atoms with Crippen LogP contribution in [0.5, 0.6) is 0 Å². The summed E-state index contributed by atoms with van der Waals surface area (Å²) in [6.07, 6.45) is 0. The van der Waals surface area contributed by atoms with Crippen molar-refractivity contribution in [1.82, 2.24) is 4.90 Å². The van der Waals surface area contributed by atoms with Crippen LogP contribution < -0.4 is 5.32 Å². The standard InChI is InChI=1S/C23H18F2N2O2/c1-14-4-2-3-5-18(14)23(29)27-13-21(28)26-20-11-10-17(25)12-19(20)22(27)15-6-8-16(24)9-7-15/h2-12,22H,13H2,1H3,(H,26,28)/t22-/m1/s1. The Morgan fingerprint density at radius 1 is 1.00 bits per heavy atom. The third-order valence-corrected chi connectivity index (χ3v) is 5.03. The number of hydrogen-bond acceptors (Lipinski definition) is 2. The molecule has 4 rings (SSSR count). The quantitative estimate of drug-likeness (QED) is 0.700. The first kappa shape index (κ1) is 18.8. The van der Waals surface area contributed by atoms with Gasteiger partial charge in [-0.2, -0.15) is 0 Å². The Kier molecular flexibility index (Phi) is 4.84. The number of nitrogens with zero attached hydrogens (tertiary/aromatic N) is 1. The number of nitrogens with one attached hydrogen (secondary N) is 1. The van der Waals surface area contributed by atoms with Gasteiger partial charge in [-0.25, -0.2) is 8.78 Å². The van der Waals surface area contributed by atoms with E-state index in [1.165, 1.54) is 35.2 Å². The zero-order valence-electron chi connectivity index (χ0n) is 15.7. The van der Waals surface area contributed by atoms with E-state index in [4.69, 9.17) is 0 Å². The molecule has 6 heteroatoms. The maximum atomic E-state index is 14.1. The number of hydrogen-bond donors (Lipinski definition) is 1. The van der Waals surface area contributed by atoms with Crippen molar-refractivity contribution in [2.24, 2.45) is 0 Å². The molecule has 0 aromatic heterocycles. The van der Waals surface area contributed by atoms with Gasteiger partial charge in [0.1, 0.15) is 18.2 Å². The van der Waals surface area contributed by atoms with E-state index in [0.717, 1.165) is 5.56 Å². The van der Waals surface area contributed by atoms with Crippen LogP contribution in [-0.2, 0) is 4.79 Å². The molecule has 29 heavy (non-hydrogen) atoms. The van der Waals surface area contributed by atoms with Gasteiger partial charge in [0, 0.05) is 16.8 Å². The molecule has 0 radical (unpaired) electrons. The van der Waals surface area contributed by atoms with Gasteiger partial charge in [0.25, 0.3) is 5.91 Å². The largest absolute Gasteiger partial charge is 0.324 e. The number of benzene rings is 3. The average Bonchev–Trinajstić information content (AvgIpc) is 2.84. The summed E-state index contributed by atoms with van der Waals surface area (Å²) in [4.78, 5) is 27.4. The van der Waals surface area contributed by atoms with Gasteiger partial charge in [0.2, 0.25) is 5.91 Å². The van der Waals surface area contributed by atoms with Gasteiger partial charge in [-0.15, -0.1) is 0 Å². The molecule has 0 unspecified atom stereocenters. The Bertz CT molecular complexity index is 1100. The number of aryl methyl sites for hydroxylation is 1. The molecule has 0 bridgehead atoms. The number of halogens is 2. The van der Waals surface area contributed by atoms with Crippen LogP contribution in [0.1, 0.15) is 33.1 Å². The van der Waals surface area contributed by atoms with Crippen molar-refractivity contribution >= 4 is 17.5 Å². The Hall–Kier alpha value is -3.54. The van der Waals surface area contributed by atoms with Crippen LogP contribution in [0.2, 0.25) is 0 Å². The zero-order valence-corrected chi connectivity index (χ0v) is 15.7. The monoisotopic (exact) mass is 392 g/mol. The van der Waals surface area contributed by atoms with Crippen molar-refractivity contribution in [3.63, 3.8) is 0 Å². The molecule has 0 saturated carbocycles. The minimum Gasteiger partial charge on any atom is -0.324 e. The molecule has 0 spiro atoms. The van der Waals surface area contributed by atoms with Gasteiger partial charge in [-0.1, -0.05) is 30.3 Å². The Labute approximate surface area is 166 Å². The van der Waals surface area contributed by atoms with E-state index in [1.807, 2.05) is 19.1 Å². The maximum absolute atomic E-state index is 14.1. The van der Waals surface area contributed by atoms with E-state index in [-0.39, 0.29) is 18.4 Å². The van der Waals surface area contributed by atoms with Gasteiger partial charge in [0.05, 0.1) is 6.04 Å². The van der Waals surface area contributed by atoms with E-state index >= 15 is 0 Å². The number of amides is 2. The van der Waals surface area contributed by atoms with Gasteiger partial charge in [0.15, 0.2) is 0 Å². The first-order valence-electron chi connectivity index (χ1n) is 9.15. The molecule has 0 aliphatic carbocycles. The highest BCUT2D eigenvalue weighted by Crippen LogP contribution is 2.37. The molecule has 3 aromatic rings. The molecule has 4 nitrogen and oxygen atoms in total. The molecule has 0 saturated heterocycles. The van der Waals surface area contributed by atoms with Crippen LogP contribution in [0, 0.1) is 18.6 Å². The third-order valence-electron chi connectivity index (χ3n) is 5.03. The Morgan fingerprint density at radius 2 is 1.69 bits per heavy atom. The molecule has 1 heterocycles. The zero-order chi connectivity index (χ0) is 20.5. The summed E-state index contributed by atoms with van der Waals surface area (Å²) in [7, 11) is 0. The second-order valence-electron chi connectivity index (χ2n) is 6.98. The first-order chi connectivity index (χ1) is 13.9. The Balaban J connectivity index is 1.91.